The van der Waals surface area contributed by atoms with E-state index in [0.717, 1.165) is 34.9 Å². The van der Waals surface area contributed by atoms with Crippen LogP contribution in [-0.2, 0) is 11.8 Å². The molecule has 0 spiro atoms. The zero-order chi connectivity index (χ0) is 14.3. The van der Waals surface area contributed by atoms with Gasteiger partial charge in [-0.3, -0.25) is 9.48 Å². The lowest BCUT2D eigenvalue weighted by Crippen LogP contribution is -2.10. The van der Waals surface area contributed by atoms with Crippen LogP contribution in [-0.4, -0.2) is 36.2 Å². The van der Waals surface area contributed by atoms with E-state index in [4.69, 9.17) is 5.11 Å². The van der Waals surface area contributed by atoms with Gasteiger partial charge in [-0.2, -0.15) is 5.10 Å². The smallest absolute Gasteiger partial charge is 0.313 e. The van der Waals surface area contributed by atoms with Gasteiger partial charge >= 0.3 is 5.97 Å². The molecule has 0 aromatic carbocycles. The van der Waals surface area contributed by atoms with Crippen LogP contribution < -0.4 is 0 Å². The minimum atomic E-state index is -0.810. The molecule has 0 saturated heterocycles. The Hall–Kier alpha value is -1.50. The molecule has 1 saturated carbocycles. The summed E-state index contributed by atoms with van der Waals surface area (Å²) >= 11 is 1.30. The van der Waals surface area contributed by atoms with Crippen molar-refractivity contribution in [2.45, 2.75) is 43.8 Å². The van der Waals surface area contributed by atoms with Crippen LogP contribution in [0.15, 0.2) is 5.16 Å². The van der Waals surface area contributed by atoms with Gasteiger partial charge < -0.3 is 9.67 Å². The molecule has 3 rings (SSSR count). The first-order valence-corrected chi connectivity index (χ1v) is 7.82. The molecule has 2 aromatic heterocycles. The number of fused-ring (bicyclic) bond motifs is 1. The predicted molar refractivity (Wildman–Crippen MR) is 77.1 cm³/mol. The highest BCUT2D eigenvalue weighted by Gasteiger charge is 2.26. The van der Waals surface area contributed by atoms with Crippen molar-refractivity contribution < 1.29 is 9.90 Å². The van der Waals surface area contributed by atoms with Gasteiger partial charge in [0.15, 0.2) is 10.8 Å². The molecule has 0 bridgehead atoms. The van der Waals surface area contributed by atoms with Crippen molar-refractivity contribution >= 4 is 28.9 Å². The molecule has 6 nitrogen and oxygen atoms in total. The van der Waals surface area contributed by atoms with E-state index in [0.29, 0.717) is 6.04 Å². The molecule has 0 unspecified atom stereocenters. The second-order valence-electron chi connectivity index (χ2n) is 5.27. The van der Waals surface area contributed by atoms with Gasteiger partial charge in [0.05, 0.1) is 11.4 Å². The van der Waals surface area contributed by atoms with E-state index in [1.165, 1.54) is 24.6 Å². The highest BCUT2D eigenvalue weighted by atomic mass is 32.2. The Bertz CT molecular complexity index is 655. The summed E-state index contributed by atoms with van der Waals surface area (Å²) in [5.41, 5.74) is 2.81. The van der Waals surface area contributed by atoms with Crippen LogP contribution in [0.4, 0.5) is 0 Å². The lowest BCUT2D eigenvalue weighted by molar-refractivity contribution is -0.133. The summed E-state index contributed by atoms with van der Waals surface area (Å²) in [6.45, 7) is 1.94. The second-order valence-corrected chi connectivity index (χ2v) is 6.21. The summed E-state index contributed by atoms with van der Waals surface area (Å²) < 4.78 is 4.07. The Morgan fingerprint density at radius 1 is 1.45 bits per heavy atom. The molecule has 20 heavy (non-hydrogen) atoms. The minimum absolute atomic E-state index is 0.0442. The van der Waals surface area contributed by atoms with E-state index in [1.807, 2.05) is 18.7 Å². The Morgan fingerprint density at radius 3 is 2.80 bits per heavy atom. The number of carboxylic acids is 1. The number of rotatable bonds is 4. The van der Waals surface area contributed by atoms with Crippen LogP contribution in [0.25, 0.3) is 11.2 Å². The summed E-state index contributed by atoms with van der Waals surface area (Å²) in [6, 6.07) is 0.422. The molecule has 0 radical (unpaired) electrons. The lowest BCUT2D eigenvalue weighted by Gasteiger charge is -2.15. The van der Waals surface area contributed by atoms with Crippen LogP contribution in [0.5, 0.6) is 0 Å². The Morgan fingerprint density at radius 2 is 2.15 bits per heavy atom. The SMILES string of the molecule is Cc1nn(C)c2c1nc(SCC(=O)O)n2C1CCCC1. The largest absolute Gasteiger partial charge is 0.481 e. The van der Waals surface area contributed by atoms with Crippen LogP contribution >= 0.6 is 11.8 Å². The highest BCUT2D eigenvalue weighted by molar-refractivity contribution is 7.99. The molecule has 0 atom stereocenters. The van der Waals surface area contributed by atoms with Crippen molar-refractivity contribution in [3.8, 4) is 0 Å². The number of hydrogen-bond acceptors (Lipinski definition) is 4. The molecule has 0 aliphatic heterocycles. The number of thioether (sulfide) groups is 1. The van der Waals surface area contributed by atoms with Crippen LogP contribution in [0.3, 0.4) is 0 Å². The summed E-state index contributed by atoms with van der Waals surface area (Å²) in [6.07, 6.45) is 4.72. The summed E-state index contributed by atoms with van der Waals surface area (Å²) in [4.78, 5) is 15.4. The normalized spacial score (nSPS) is 16.3. The maximum atomic E-state index is 10.8. The first-order chi connectivity index (χ1) is 9.58. The molecule has 1 aliphatic rings. The predicted octanol–water partition coefficient (Wildman–Crippen LogP) is 2.37. The Balaban J connectivity index is 2.09. The van der Waals surface area contributed by atoms with E-state index < -0.39 is 5.97 Å². The first-order valence-electron chi connectivity index (χ1n) is 6.84. The van der Waals surface area contributed by atoms with Gasteiger partial charge in [-0.25, -0.2) is 4.98 Å². The van der Waals surface area contributed by atoms with Crippen molar-refractivity contribution in [1.29, 1.82) is 0 Å². The fourth-order valence-corrected chi connectivity index (χ4v) is 3.78. The van der Waals surface area contributed by atoms with Crippen LogP contribution in [0, 0.1) is 6.92 Å². The topological polar surface area (TPSA) is 72.9 Å². The van der Waals surface area contributed by atoms with Crippen molar-refractivity contribution in [2.24, 2.45) is 7.05 Å². The van der Waals surface area contributed by atoms with E-state index in [9.17, 15) is 4.79 Å². The van der Waals surface area contributed by atoms with Crippen LogP contribution in [0.1, 0.15) is 37.4 Å². The number of imidazole rings is 1. The van der Waals surface area contributed by atoms with E-state index in [2.05, 4.69) is 14.6 Å². The average Bonchev–Trinajstić information content (AvgIpc) is 3.06. The van der Waals surface area contributed by atoms with Gasteiger partial charge in [0.2, 0.25) is 0 Å². The number of hydrogen-bond donors (Lipinski definition) is 1. The third-order valence-corrected chi connectivity index (χ3v) is 4.75. The van der Waals surface area contributed by atoms with Gasteiger partial charge in [0.1, 0.15) is 5.52 Å². The highest BCUT2D eigenvalue weighted by Crippen LogP contribution is 2.36. The van der Waals surface area contributed by atoms with Crippen molar-refractivity contribution in [2.75, 3.05) is 5.75 Å². The van der Waals surface area contributed by atoms with Crippen molar-refractivity contribution in [3.05, 3.63) is 5.69 Å². The van der Waals surface area contributed by atoms with Gasteiger partial charge in [0, 0.05) is 13.1 Å². The zero-order valence-corrected chi connectivity index (χ0v) is 12.5. The van der Waals surface area contributed by atoms with Gasteiger partial charge in [-0.1, -0.05) is 24.6 Å². The molecule has 7 heteroatoms. The number of carbonyl (C=O) groups is 1. The van der Waals surface area contributed by atoms with Gasteiger partial charge in [-0.05, 0) is 19.8 Å². The quantitative estimate of drug-likeness (QED) is 0.876. The fourth-order valence-electron chi connectivity index (χ4n) is 3.00. The zero-order valence-electron chi connectivity index (χ0n) is 11.7. The Labute approximate surface area is 121 Å². The van der Waals surface area contributed by atoms with E-state index >= 15 is 0 Å². The maximum Gasteiger partial charge on any atom is 0.313 e. The summed E-state index contributed by atoms with van der Waals surface area (Å²) in [5, 5.41) is 14.1. The number of aliphatic carboxylic acids is 1. The number of nitrogens with zero attached hydrogens (tertiary/aromatic N) is 4. The Kier molecular flexibility index (Phi) is 3.45. The molecule has 108 valence electrons. The molecular weight excluding hydrogens is 276 g/mol. The van der Waals surface area contributed by atoms with E-state index in [-0.39, 0.29) is 5.75 Å². The van der Waals surface area contributed by atoms with Crippen molar-refractivity contribution in [1.82, 2.24) is 19.3 Å². The van der Waals surface area contributed by atoms with Gasteiger partial charge in [-0.15, -0.1) is 0 Å². The molecule has 2 heterocycles. The maximum absolute atomic E-state index is 10.8. The summed E-state index contributed by atoms with van der Waals surface area (Å²) in [5.74, 6) is -0.766. The molecule has 0 amide bonds. The molecule has 1 fully saturated rings. The average molecular weight is 294 g/mol. The van der Waals surface area contributed by atoms with Crippen molar-refractivity contribution in [3.63, 3.8) is 0 Å². The molecule has 2 aromatic rings. The second kappa shape index (κ2) is 5.12. The minimum Gasteiger partial charge on any atom is -0.481 e. The standard InChI is InChI=1S/C13H18N4O2S/c1-8-11-12(16(2)15-8)17(9-5-3-4-6-9)13(14-11)20-7-10(18)19/h9H,3-7H2,1-2H3,(H,18,19). The number of carboxylic acid groups (broad SMARTS) is 1. The third-order valence-electron chi connectivity index (χ3n) is 3.82. The molecule has 1 aliphatic carbocycles. The van der Waals surface area contributed by atoms with Gasteiger partial charge in [0.25, 0.3) is 0 Å². The third kappa shape index (κ3) is 2.19. The summed E-state index contributed by atoms with van der Waals surface area (Å²) in [7, 11) is 1.92. The monoisotopic (exact) mass is 294 g/mol. The number of aromatic nitrogens is 4. The lowest BCUT2D eigenvalue weighted by atomic mass is 10.2. The van der Waals surface area contributed by atoms with E-state index in [1.54, 1.807) is 0 Å². The first kappa shape index (κ1) is 13.5. The molecular formula is C13H18N4O2S. The number of aryl methyl sites for hydroxylation is 2. The molecule has 1 N–H and O–H groups in total. The fraction of sp³-hybridized carbons (Fsp3) is 0.615. The van der Waals surface area contributed by atoms with Crippen LogP contribution in [0.2, 0.25) is 0 Å².